The molecule has 1 heterocycles. The van der Waals surface area contributed by atoms with Gasteiger partial charge >= 0.3 is 0 Å². The molecule has 0 aliphatic heterocycles. The van der Waals surface area contributed by atoms with Gasteiger partial charge in [0, 0.05) is 22.8 Å². The number of fused-ring (bicyclic) bond motifs is 1. The number of hydrogen-bond donors (Lipinski definition) is 2. The Hall–Kier alpha value is -1.27. The van der Waals surface area contributed by atoms with E-state index in [0.29, 0.717) is 5.52 Å². The first kappa shape index (κ1) is 9.29. The fourth-order valence-electron chi connectivity index (χ4n) is 1.19. The summed E-state index contributed by atoms with van der Waals surface area (Å²) in [4.78, 5) is 6.28. The van der Waals surface area contributed by atoms with Crippen LogP contribution < -0.4 is 0 Å². The second kappa shape index (κ2) is 2.86. The number of phenols is 1. The Bertz CT molecular complexity index is 590. The molecular weight excluding hydrogens is 228 g/mol. The third-order valence-electron chi connectivity index (χ3n) is 1.74. The second-order valence-electron chi connectivity index (χ2n) is 2.68. The smallest absolute Gasteiger partial charge is 0.263 e. The molecule has 0 fully saturated rings. The van der Waals surface area contributed by atoms with Gasteiger partial charge < -0.3 is 10.1 Å². The molecule has 0 amide bonds. The van der Waals surface area contributed by atoms with Crippen LogP contribution in [-0.2, 0) is 9.05 Å². The van der Waals surface area contributed by atoms with Crippen molar-refractivity contribution in [3.05, 3.63) is 18.5 Å². The van der Waals surface area contributed by atoms with Gasteiger partial charge in [-0.3, -0.25) is 0 Å². The van der Waals surface area contributed by atoms with Crippen molar-refractivity contribution in [2.24, 2.45) is 0 Å². The Morgan fingerprint density at radius 1 is 1.43 bits per heavy atom. The van der Waals surface area contributed by atoms with Crippen LogP contribution in [-0.4, -0.2) is 23.5 Å². The lowest BCUT2D eigenvalue weighted by molar-refractivity contribution is 0.474. The van der Waals surface area contributed by atoms with E-state index in [2.05, 4.69) is 9.97 Å². The summed E-state index contributed by atoms with van der Waals surface area (Å²) in [5.41, 5.74) is 0.641. The molecule has 0 bridgehead atoms. The van der Waals surface area contributed by atoms with Crippen molar-refractivity contribution in [2.45, 2.75) is 4.90 Å². The molecular formula is C7H5ClN2O3S. The maximum absolute atomic E-state index is 11.1. The molecule has 0 spiro atoms. The topological polar surface area (TPSA) is 83.0 Å². The Kier molecular flexibility index (Phi) is 1.90. The molecule has 2 aromatic rings. The lowest BCUT2D eigenvalue weighted by Gasteiger charge is -1.98. The average molecular weight is 233 g/mol. The molecule has 1 aromatic carbocycles. The number of nitrogens with one attached hydrogen (secondary N) is 1. The first-order valence-electron chi connectivity index (χ1n) is 3.59. The molecule has 0 aliphatic rings. The number of benzene rings is 1. The molecule has 2 N–H and O–H groups in total. The minimum Gasteiger partial charge on any atom is -0.508 e. The van der Waals surface area contributed by atoms with Crippen LogP contribution >= 0.6 is 10.7 Å². The normalized spacial score (nSPS) is 12.1. The van der Waals surface area contributed by atoms with Gasteiger partial charge in [0.25, 0.3) is 9.05 Å². The predicted molar refractivity (Wildman–Crippen MR) is 50.8 cm³/mol. The molecule has 14 heavy (non-hydrogen) atoms. The minimum atomic E-state index is -3.89. The summed E-state index contributed by atoms with van der Waals surface area (Å²) >= 11 is 0. The van der Waals surface area contributed by atoms with Crippen molar-refractivity contribution in [3.63, 3.8) is 0 Å². The van der Waals surface area contributed by atoms with Crippen LogP contribution in [0.1, 0.15) is 0 Å². The number of aromatic nitrogens is 2. The maximum Gasteiger partial charge on any atom is 0.263 e. The Labute approximate surface area is 83.8 Å². The van der Waals surface area contributed by atoms with Gasteiger partial charge in [0.15, 0.2) is 0 Å². The van der Waals surface area contributed by atoms with Crippen molar-refractivity contribution in [3.8, 4) is 5.75 Å². The molecule has 74 valence electrons. The van der Waals surface area contributed by atoms with Crippen LogP contribution in [0.4, 0.5) is 0 Å². The molecule has 0 saturated carbocycles. The van der Waals surface area contributed by atoms with Crippen LogP contribution in [0.25, 0.3) is 11.0 Å². The molecule has 2 rings (SSSR count). The highest BCUT2D eigenvalue weighted by Gasteiger charge is 2.17. The van der Waals surface area contributed by atoms with Gasteiger partial charge in [-0.2, -0.15) is 0 Å². The standard InChI is InChI=1S/C7H5ClN2O3S/c8-14(12,13)6-2-4(11)1-5-7(6)10-3-9-5/h1-3,11H,(H,9,10). The summed E-state index contributed by atoms with van der Waals surface area (Å²) < 4.78 is 22.2. The van der Waals surface area contributed by atoms with Crippen molar-refractivity contribution in [2.75, 3.05) is 0 Å². The summed E-state index contributed by atoms with van der Waals surface area (Å²) in [6, 6.07) is 2.43. The number of H-pyrrole nitrogens is 1. The van der Waals surface area contributed by atoms with Crippen LogP contribution in [0.3, 0.4) is 0 Å². The lowest BCUT2D eigenvalue weighted by atomic mass is 10.3. The Morgan fingerprint density at radius 2 is 2.14 bits per heavy atom. The molecule has 0 saturated heterocycles. The molecule has 5 nitrogen and oxygen atoms in total. The van der Waals surface area contributed by atoms with Gasteiger partial charge in [0.05, 0.1) is 11.8 Å². The van der Waals surface area contributed by atoms with Crippen LogP contribution in [0, 0.1) is 0 Å². The van der Waals surface area contributed by atoms with E-state index in [4.69, 9.17) is 10.7 Å². The van der Waals surface area contributed by atoms with E-state index in [9.17, 15) is 13.5 Å². The molecule has 7 heteroatoms. The van der Waals surface area contributed by atoms with Crippen molar-refractivity contribution in [1.82, 2.24) is 9.97 Å². The zero-order valence-electron chi connectivity index (χ0n) is 6.73. The first-order chi connectivity index (χ1) is 6.48. The quantitative estimate of drug-likeness (QED) is 0.724. The summed E-state index contributed by atoms with van der Waals surface area (Å²) in [5, 5.41) is 9.22. The van der Waals surface area contributed by atoms with Gasteiger partial charge in [-0.05, 0) is 0 Å². The Balaban J connectivity index is 2.94. The van der Waals surface area contributed by atoms with Crippen LogP contribution in [0.2, 0.25) is 0 Å². The number of nitrogens with zero attached hydrogens (tertiary/aromatic N) is 1. The first-order valence-corrected chi connectivity index (χ1v) is 5.90. The fourth-order valence-corrected chi connectivity index (χ4v) is 2.20. The number of imidazole rings is 1. The number of halogens is 1. The largest absolute Gasteiger partial charge is 0.508 e. The Morgan fingerprint density at radius 3 is 2.79 bits per heavy atom. The van der Waals surface area contributed by atoms with Gasteiger partial charge in [0.2, 0.25) is 0 Å². The van der Waals surface area contributed by atoms with Crippen molar-refractivity contribution >= 4 is 30.8 Å². The van der Waals surface area contributed by atoms with E-state index in [-0.39, 0.29) is 16.2 Å². The average Bonchev–Trinajstić information content (AvgIpc) is 2.47. The molecule has 0 aliphatic carbocycles. The zero-order chi connectivity index (χ0) is 10.3. The predicted octanol–water partition coefficient (Wildman–Crippen LogP) is 1.20. The molecule has 0 unspecified atom stereocenters. The SMILES string of the molecule is O=S(=O)(Cl)c1cc(O)cc2[nH]cnc12. The van der Waals surface area contributed by atoms with Crippen LogP contribution in [0.15, 0.2) is 23.4 Å². The van der Waals surface area contributed by atoms with Gasteiger partial charge in [-0.1, -0.05) is 0 Å². The number of hydrogen-bond acceptors (Lipinski definition) is 4. The minimum absolute atomic E-state index is 0.180. The van der Waals surface area contributed by atoms with Crippen molar-refractivity contribution in [1.29, 1.82) is 0 Å². The summed E-state index contributed by atoms with van der Waals surface area (Å²) in [5.74, 6) is -0.180. The van der Waals surface area contributed by atoms with Gasteiger partial charge in [0.1, 0.15) is 16.2 Å². The maximum atomic E-state index is 11.1. The molecule has 0 radical (unpaired) electrons. The van der Waals surface area contributed by atoms with E-state index in [1.165, 1.54) is 12.4 Å². The summed E-state index contributed by atoms with van der Waals surface area (Å²) in [7, 11) is 1.28. The lowest BCUT2D eigenvalue weighted by Crippen LogP contribution is -1.91. The third kappa shape index (κ3) is 1.42. The van der Waals surface area contributed by atoms with E-state index >= 15 is 0 Å². The molecule has 0 atom stereocenters. The van der Waals surface area contributed by atoms with Crippen molar-refractivity contribution < 1.29 is 13.5 Å². The number of aromatic amines is 1. The van der Waals surface area contributed by atoms with E-state index < -0.39 is 9.05 Å². The van der Waals surface area contributed by atoms with Gasteiger partial charge in [-0.15, -0.1) is 0 Å². The number of rotatable bonds is 1. The highest BCUT2D eigenvalue weighted by Crippen LogP contribution is 2.27. The van der Waals surface area contributed by atoms with E-state index in [0.717, 1.165) is 6.07 Å². The summed E-state index contributed by atoms with van der Waals surface area (Å²) in [6.45, 7) is 0. The zero-order valence-corrected chi connectivity index (χ0v) is 8.30. The van der Waals surface area contributed by atoms with E-state index in [1.807, 2.05) is 0 Å². The highest BCUT2D eigenvalue weighted by atomic mass is 35.7. The molecule has 1 aromatic heterocycles. The fraction of sp³-hybridized carbons (Fsp3) is 0. The number of phenolic OH excluding ortho intramolecular Hbond substituents is 1. The second-order valence-corrected chi connectivity index (χ2v) is 5.21. The number of aromatic hydroxyl groups is 1. The van der Waals surface area contributed by atoms with E-state index in [1.54, 1.807) is 0 Å². The monoisotopic (exact) mass is 232 g/mol. The van der Waals surface area contributed by atoms with Crippen LogP contribution in [0.5, 0.6) is 5.75 Å². The van der Waals surface area contributed by atoms with Gasteiger partial charge in [-0.25, -0.2) is 13.4 Å². The third-order valence-corrected chi connectivity index (χ3v) is 3.07. The summed E-state index contributed by atoms with van der Waals surface area (Å²) in [6.07, 6.45) is 1.33. The highest BCUT2D eigenvalue weighted by molar-refractivity contribution is 8.14.